The third-order valence-corrected chi connectivity index (χ3v) is 3.37. The van der Waals surface area contributed by atoms with E-state index in [2.05, 4.69) is 20.8 Å². The summed E-state index contributed by atoms with van der Waals surface area (Å²) in [4.78, 5) is 11.3. The van der Waals surface area contributed by atoms with Crippen molar-refractivity contribution in [1.29, 1.82) is 0 Å². The smallest absolute Gasteiger partial charge is 0.490 e. The lowest BCUT2D eigenvalue weighted by atomic mass is 10.2. The van der Waals surface area contributed by atoms with Gasteiger partial charge in [-0.3, -0.25) is 4.90 Å². The van der Waals surface area contributed by atoms with E-state index in [1.54, 1.807) is 6.07 Å². The van der Waals surface area contributed by atoms with Crippen molar-refractivity contribution in [3.05, 3.63) is 28.2 Å². The van der Waals surface area contributed by atoms with Crippen molar-refractivity contribution in [3.63, 3.8) is 0 Å². The predicted molar refractivity (Wildman–Crippen MR) is 74.0 cm³/mol. The normalized spacial score (nSPS) is 15.4. The molecule has 21 heavy (non-hydrogen) atoms. The van der Waals surface area contributed by atoms with Crippen molar-refractivity contribution in [1.82, 2.24) is 4.90 Å². The minimum Gasteiger partial charge on any atom is -0.508 e. The molecule has 0 bridgehead atoms. The molecule has 0 unspecified atom stereocenters. The van der Waals surface area contributed by atoms with E-state index < -0.39 is 12.1 Å². The van der Waals surface area contributed by atoms with E-state index in [4.69, 9.17) is 9.90 Å². The number of hydrogen-bond acceptors (Lipinski definition) is 3. The standard InChI is InChI=1S/C11H14BrNO.C2HF3O2/c12-10-3-4-11(14)9(7-10)8-13-5-1-2-6-13;3-2(4,5)1(6)7/h3-4,7,14H,1-2,5-6,8H2;(H,6,7). The lowest BCUT2D eigenvalue weighted by Crippen LogP contribution is -2.21. The molecule has 1 aliphatic rings. The summed E-state index contributed by atoms with van der Waals surface area (Å²) in [5, 5.41) is 16.8. The molecule has 0 radical (unpaired) electrons. The molecule has 1 heterocycles. The average Bonchev–Trinajstić information content (AvgIpc) is 2.86. The number of nitrogens with zero attached hydrogens (tertiary/aromatic N) is 1. The topological polar surface area (TPSA) is 60.8 Å². The molecule has 118 valence electrons. The van der Waals surface area contributed by atoms with Crippen LogP contribution in [0.25, 0.3) is 0 Å². The number of carboxylic acid groups (broad SMARTS) is 1. The summed E-state index contributed by atoms with van der Waals surface area (Å²) in [6, 6.07) is 5.60. The van der Waals surface area contributed by atoms with Crippen LogP contribution in [0, 0.1) is 0 Å². The Balaban J connectivity index is 0.000000270. The van der Waals surface area contributed by atoms with Gasteiger partial charge in [-0.25, -0.2) is 4.79 Å². The molecule has 1 fully saturated rings. The lowest BCUT2D eigenvalue weighted by Gasteiger charge is -2.15. The highest BCUT2D eigenvalue weighted by atomic mass is 79.9. The number of halogens is 4. The monoisotopic (exact) mass is 369 g/mol. The lowest BCUT2D eigenvalue weighted by molar-refractivity contribution is -0.192. The minimum absolute atomic E-state index is 0.403. The quantitative estimate of drug-likeness (QED) is 0.838. The number of phenolic OH excluding ortho intramolecular Hbond substituents is 1. The maximum absolute atomic E-state index is 10.6. The zero-order valence-corrected chi connectivity index (χ0v) is 12.6. The van der Waals surface area contributed by atoms with Gasteiger partial charge in [0.2, 0.25) is 0 Å². The number of phenols is 1. The third kappa shape index (κ3) is 6.34. The van der Waals surface area contributed by atoms with Gasteiger partial charge in [-0.15, -0.1) is 0 Å². The zero-order valence-electron chi connectivity index (χ0n) is 11.0. The Bertz CT molecular complexity index is 488. The summed E-state index contributed by atoms with van der Waals surface area (Å²) < 4.78 is 32.8. The number of benzene rings is 1. The van der Waals surface area contributed by atoms with Crippen LogP contribution in [0.3, 0.4) is 0 Å². The van der Waals surface area contributed by atoms with Crippen molar-refractivity contribution in [2.75, 3.05) is 13.1 Å². The van der Waals surface area contributed by atoms with Crippen LogP contribution in [0.5, 0.6) is 5.75 Å². The Hall–Kier alpha value is -1.28. The van der Waals surface area contributed by atoms with Gasteiger partial charge in [0.25, 0.3) is 0 Å². The van der Waals surface area contributed by atoms with Gasteiger partial charge in [0.05, 0.1) is 0 Å². The van der Waals surface area contributed by atoms with Gasteiger partial charge < -0.3 is 10.2 Å². The van der Waals surface area contributed by atoms with Gasteiger partial charge in [-0.05, 0) is 44.1 Å². The number of aromatic hydroxyl groups is 1. The number of aliphatic carboxylic acids is 1. The second-order valence-corrected chi connectivity index (χ2v) is 5.47. The van der Waals surface area contributed by atoms with Crippen molar-refractivity contribution in [2.24, 2.45) is 0 Å². The number of alkyl halides is 3. The first kappa shape index (κ1) is 17.8. The molecule has 8 heteroatoms. The summed E-state index contributed by atoms with van der Waals surface area (Å²) >= 11 is 3.42. The van der Waals surface area contributed by atoms with E-state index in [0.29, 0.717) is 5.75 Å². The summed E-state index contributed by atoms with van der Waals surface area (Å²) in [6.07, 6.45) is -2.51. The fraction of sp³-hybridized carbons (Fsp3) is 0.462. The molecular weight excluding hydrogens is 355 g/mol. The molecule has 1 saturated heterocycles. The van der Waals surface area contributed by atoms with E-state index in [-0.39, 0.29) is 0 Å². The molecular formula is C13H15BrF3NO3. The average molecular weight is 370 g/mol. The number of carboxylic acids is 1. The first-order chi connectivity index (χ1) is 9.70. The van der Waals surface area contributed by atoms with Gasteiger partial charge in [-0.2, -0.15) is 13.2 Å². The molecule has 1 aromatic rings. The van der Waals surface area contributed by atoms with E-state index >= 15 is 0 Å². The Morgan fingerprint density at radius 1 is 1.29 bits per heavy atom. The molecule has 0 amide bonds. The van der Waals surface area contributed by atoms with Crippen LogP contribution < -0.4 is 0 Å². The number of rotatable bonds is 2. The summed E-state index contributed by atoms with van der Waals surface area (Å²) in [5.74, 6) is -2.35. The van der Waals surface area contributed by atoms with E-state index in [1.807, 2.05) is 12.1 Å². The minimum atomic E-state index is -5.08. The Kier molecular flexibility index (Phi) is 6.47. The fourth-order valence-electron chi connectivity index (χ4n) is 1.86. The van der Waals surface area contributed by atoms with Crippen LogP contribution in [0.1, 0.15) is 18.4 Å². The zero-order chi connectivity index (χ0) is 16.0. The number of likely N-dealkylation sites (tertiary alicyclic amines) is 1. The second-order valence-electron chi connectivity index (χ2n) is 4.56. The highest BCUT2D eigenvalue weighted by molar-refractivity contribution is 9.10. The van der Waals surface area contributed by atoms with E-state index in [9.17, 15) is 18.3 Å². The van der Waals surface area contributed by atoms with Crippen LogP contribution in [0.2, 0.25) is 0 Å². The highest BCUT2D eigenvalue weighted by Gasteiger charge is 2.38. The van der Waals surface area contributed by atoms with Crippen molar-refractivity contribution in [2.45, 2.75) is 25.6 Å². The van der Waals surface area contributed by atoms with Gasteiger partial charge in [0.1, 0.15) is 5.75 Å². The Labute approximate surface area is 128 Å². The van der Waals surface area contributed by atoms with Gasteiger partial charge >= 0.3 is 12.1 Å². The molecule has 0 aromatic heterocycles. The van der Waals surface area contributed by atoms with Gasteiger partial charge in [0.15, 0.2) is 0 Å². The third-order valence-electron chi connectivity index (χ3n) is 2.88. The molecule has 2 N–H and O–H groups in total. The Morgan fingerprint density at radius 3 is 2.29 bits per heavy atom. The first-order valence-corrected chi connectivity index (χ1v) is 6.99. The molecule has 0 saturated carbocycles. The summed E-state index contributed by atoms with van der Waals surface area (Å²) in [5.41, 5.74) is 1.02. The van der Waals surface area contributed by atoms with Crippen molar-refractivity contribution < 1.29 is 28.2 Å². The molecule has 0 spiro atoms. The van der Waals surface area contributed by atoms with Crippen LogP contribution in [0.15, 0.2) is 22.7 Å². The van der Waals surface area contributed by atoms with E-state index in [0.717, 1.165) is 29.7 Å². The number of hydrogen-bond donors (Lipinski definition) is 2. The van der Waals surface area contributed by atoms with Crippen LogP contribution in [0.4, 0.5) is 13.2 Å². The predicted octanol–water partition coefficient (Wildman–Crippen LogP) is 3.38. The first-order valence-electron chi connectivity index (χ1n) is 6.20. The SMILES string of the molecule is O=C(O)C(F)(F)F.Oc1ccc(Br)cc1CN1CCCC1. The summed E-state index contributed by atoms with van der Waals surface area (Å²) in [6.45, 7) is 3.18. The summed E-state index contributed by atoms with van der Waals surface area (Å²) in [7, 11) is 0. The second kappa shape index (κ2) is 7.65. The molecule has 4 nitrogen and oxygen atoms in total. The van der Waals surface area contributed by atoms with E-state index in [1.165, 1.54) is 12.8 Å². The molecule has 0 atom stereocenters. The largest absolute Gasteiger partial charge is 0.508 e. The van der Waals surface area contributed by atoms with Gasteiger partial charge in [-0.1, -0.05) is 15.9 Å². The van der Waals surface area contributed by atoms with Crippen LogP contribution in [-0.4, -0.2) is 40.3 Å². The maximum Gasteiger partial charge on any atom is 0.490 e. The molecule has 2 rings (SSSR count). The molecule has 1 aliphatic heterocycles. The fourth-order valence-corrected chi connectivity index (χ4v) is 2.27. The van der Waals surface area contributed by atoms with Crippen LogP contribution >= 0.6 is 15.9 Å². The van der Waals surface area contributed by atoms with Crippen LogP contribution in [-0.2, 0) is 11.3 Å². The molecule has 0 aliphatic carbocycles. The van der Waals surface area contributed by atoms with Gasteiger partial charge in [0, 0.05) is 16.6 Å². The number of carbonyl (C=O) groups is 1. The molecule has 1 aromatic carbocycles. The van der Waals surface area contributed by atoms with Crippen molar-refractivity contribution in [3.8, 4) is 5.75 Å². The Morgan fingerprint density at radius 2 is 1.81 bits per heavy atom. The maximum atomic E-state index is 10.6. The van der Waals surface area contributed by atoms with Crippen molar-refractivity contribution >= 4 is 21.9 Å². The highest BCUT2D eigenvalue weighted by Crippen LogP contribution is 2.24.